The molecular weight excluding hydrogens is 505 g/mol. The molecule has 3 atom stereocenters. The number of hydrogen-bond acceptors (Lipinski definition) is 7. The molecule has 10 nitrogen and oxygen atoms in total. The van der Waals surface area contributed by atoms with Crippen LogP contribution in [0.15, 0.2) is 0 Å². The first-order valence-electron chi connectivity index (χ1n) is 10.9. The number of ether oxygens (including phenoxy) is 1. The molecule has 1 saturated carbocycles. The molecule has 2 aromatic heterocycles. The molecule has 182 valence electrons. The van der Waals surface area contributed by atoms with E-state index >= 15 is 0 Å². The molecule has 0 radical (unpaired) electrons. The largest absolute Gasteiger partial charge is 0.477 e. The van der Waals surface area contributed by atoms with Crippen LogP contribution in [-0.2, 0) is 16.0 Å². The second-order valence-electron chi connectivity index (χ2n) is 8.73. The van der Waals surface area contributed by atoms with Crippen molar-refractivity contribution in [3.05, 3.63) is 32.0 Å². The maximum absolute atomic E-state index is 12.6. The average molecular weight is 528 g/mol. The number of nitrogens with one attached hydrogen (secondary N) is 2. The number of aryl methyl sites for hydroxylation is 1. The van der Waals surface area contributed by atoms with Crippen LogP contribution >= 0.6 is 34.5 Å². The Morgan fingerprint density at radius 2 is 1.88 bits per heavy atom. The highest BCUT2D eigenvalue weighted by Gasteiger charge is 2.57. The van der Waals surface area contributed by atoms with Gasteiger partial charge in [0, 0.05) is 49.8 Å². The van der Waals surface area contributed by atoms with Gasteiger partial charge in [-0.25, -0.2) is 9.78 Å². The summed E-state index contributed by atoms with van der Waals surface area (Å²) in [7, 11) is 0. The lowest BCUT2D eigenvalue weighted by Gasteiger charge is -2.26. The molecule has 0 spiro atoms. The zero-order chi connectivity index (χ0) is 24.1. The Hall–Kier alpha value is -2.34. The fourth-order valence-electron chi connectivity index (χ4n) is 4.68. The topological polar surface area (TPSA) is 128 Å². The Morgan fingerprint density at radius 3 is 2.47 bits per heavy atom. The minimum absolute atomic E-state index is 0.0171. The molecule has 1 aliphatic carbocycles. The molecule has 4 heterocycles. The molecule has 2 saturated heterocycles. The van der Waals surface area contributed by atoms with E-state index in [-0.39, 0.29) is 51.7 Å². The second kappa shape index (κ2) is 9.03. The van der Waals surface area contributed by atoms with E-state index in [0.29, 0.717) is 60.9 Å². The van der Waals surface area contributed by atoms with Crippen LogP contribution in [0.4, 0.5) is 5.13 Å². The van der Waals surface area contributed by atoms with E-state index in [1.165, 1.54) is 0 Å². The summed E-state index contributed by atoms with van der Waals surface area (Å²) >= 11 is 13.3. The lowest BCUT2D eigenvalue weighted by atomic mass is 10.2. The van der Waals surface area contributed by atoms with E-state index < -0.39 is 5.97 Å². The Bertz CT molecular complexity index is 1150. The third-order valence-corrected chi connectivity index (χ3v) is 8.70. The van der Waals surface area contributed by atoms with Gasteiger partial charge in [0.2, 0.25) is 5.91 Å². The number of aromatic nitrogens is 2. The van der Waals surface area contributed by atoms with Gasteiger partial charge in [-0.15, -0.1) is 0 Å². The molecule has 2 aliphatic heterocycles. The first kappa shape index (κ1) is 23.4. The number of halogens is 2. The Balaban J connectivity index is 1.21. The standard InChI is InChI=1S/C21H23Cl2N5O5S/c1-9-14(22)15(23)17(24-9)19(30)26-16-10-7-28(8-11(10)16)21-25-12(18(34-21)20(31)32)6-13(29)27-2-4-33-5-3-27/h10-11,16,24H,2-8H2,1H3,(H,26,30)(H,31,32)/t10-,11+,16?. The highest BCUT2D eigenvalue weighted by atomic mass is 35.5. The number of aromatic carboxylic acids is 1. The Labute approximate surface area is 209 Å². The molecule has 13 heteroatoms. The fraction of sp³-hybridized carbons (Fsp3) is 0.524. The van der Waals surface area contributed by atoms with Gasteiger partial charge in [0.25, 0.3) is 5.91 Å². The number of H-pyrrole nitrogens is 1. The second-order valence-corrected chi connectivity index (χ2v) is 10.5. The zero-order valence-electron chi connectivity index (χ0n) is 18.3. The summed E-state index contributed by atoms with van der Waals surface area (Å²) in [6, 6.07) is 0.0171. The predicted molar refractivity (Wildman–Crippen MR) is 126 cm³/mol. The number of nitrogens with zero attached hydrogens (tertiary/aromatic N) is 3. The van der Waals surface area contributed by atoms with Crippen LogP contribution in [0.3, 0.4) is 0 Å². The highest BCUT2D eigenvalue weighted by Crippen LogP contribution is 2.48. The molecule has 2 aromatic rings. The number of thiazole rings is 1. The number of hydrogen-bond donors (Lipinski definition) is 3. The van der Waals surface area contributed by atoms with Crippen molar-refractivity contribution in [3.63, 3.8) is 0 Å². The van der Waals surface area contributed by atoms with Gasteiger partial charge in [0.15, 0.2) is 5.13 Å². The number of piperidine rings is 1. The van der Waals surface area contributed by atoms with Gasteiger partial charge in [-0.3, -0.25) is 9.59 Å². The molecule has 5 rings (SSSR count). The summed E-state index contributed by atoms with van der Waals surface area (Å²) in [6.07, 6.45) is -0.0452. The van der Waals surface area contributed by atoms with E-state index in [1.54, 1.807) is 11.8 Å². The number of rotatable bonds is 6. The number of carboxylic acids is 1. The van der Waals surface area contributed by atoms with Gasteiger partial charge in [0.05, 0.1) is 35.4 Å². The van der Waals surface area contributed by atoms with Crippen molar-refractivity contribution < 1.29 is 24.2 Å². The van der Waals surface area contributed by atoms with Crippen molar-refractivity contribution in [3.8, 4) is 0 Å². The first-order chi connectivity index (χ1) is 16.2. The monoisotopic (exact) mass is 527 g/mol. The molecular formula is C21H23Cl2N5O5S. The number of amides is 2. The molecule has 3 fully saturated rings. The quantitative estimate of drug-likeness (QED) is 0.524. The molecule has 0 aromatic carbocycles. The van der Waals surface area contributed by atoms with Crippen molar-refractivity contribution in [2.75, 3.05) is 44.3 Å². The molecule has 0 bridgehead atoms. The smallest absolute Gasteiger partial charge is 0.347 e. The number of carboxylic acid groups (broad SMARTS) is 1. The minimum Gasteiger partial charge on any atom is -0.477 e. The third-order valence-electron chi connectivity index (χ3n) is 6.61. The van der Waals surface area contributed by atoms with Gasteiger partial charge in [-0.05, 0) is 6.92 Å². The SMILES string of the molecule is Cc1[nH]c(C(=O)NC2[C@H]3CN(c4nc(CC(=O)N5CCOCC5)c(C(=O)O)s4)C[C@@H]23)c(Cl)c1Cl. The predicted octanol–water partition coefficient (Wildman–Crippen LogP) is 2.05. The van der Waals surface area contributed by atoms with Crippen molar-refractivity contribution in [2.24, 2.45) is 11.8 Å². The van der Waals surface area contributed by atoms with Gasteiger partial charge in [-0.2, -0.15) is 0 Å². The lowest BCUT2D eigenvalue weighted by molar-refractivity contribution is -0.134. The summed E-state index contributed by atoms with van der Waals surface area (Å²) in [6.45, 7) is 5.01. The number of carbonyl (C=O) groups is 3. The molecule has 1 unspecified atom stereocenters. The van der Waals surface area contributed by atoms with Crippen LogP contribution in [0.1, 0.15) is 31.5 Å². The highest BCUT2D eigenvalue weighted by molar-refractivity contribution is 7.17. The molecule has 3 aliphatic rings. The van der Waals surface area contributed by atoms with Crippen molar-refractivity contribution >= 4 is 57.5 Å². The van der Waals surface area contributed by atoms with E-state index in [0.717, 1.165) is 11.3 Å². The summed E-state index contributed by atoms with van der Waals surface area (Å²) in [4.78, 5) is 48.2. The molecule has 2 amide bonds. The maximum atomic E-state index is 12.6. The normalized spacial score (nSPS) is 23.7. The van der Waals surface area contributed by atoms with Crippen LogP contribution < -0.4 is 10.2 Å². The van der Waals surface area contributed by atoms with Crippen LogP contribution in [0.5, 0.6) is 0 Å². The first-order valence-corrected chi connectivity index (χ1v) is 12.5. The number of carbonyl (C=O) groups excluding carboxylic acids is 2. The van der Waals surface area contributed by atoms with Gasteiger partial charge in [-0.1, -0.05) is 34.5 Å². The summed E-state index contributed by atoms with van der Waals surface area (Å²) < 4.78 is 5.27. The van der Waals surface area contributed by atoms with Crippen LogP contribution in [0, 0.1) is 18.8 Å². The molecule has 3 N–H and O–H groups in total. The van der Waals surface area contributed by atoms with E-state index in [4.69, 9.17) is 27.9 Å². The lowest BCUT2D eigenvalue weighted by Crippen LogP contribution is -2.41. The van der Waals surface area contributed by atoms with Crippen LogP contribution in [0.25, 0.3) is 0 Å². The zero-order valence-corrected chi connectivity index (χ0v) is 20.6. The summed E-state index contributed by atoms with van der Waals surface area (Å²) in [5.74, 6) is -1.04. The van der Waals surface area contributed by atoms with Crippen molar-refractivity contribution in [2.45, 2.75) is 19.4 Å². The average Bonchev–Trinajstić information content (AvgIpc) is 3.19. The number of aromatic amines is 1. The number of fused-ring (bicyclic) bond motifs is 1. The number of morpholine rings is 1. The van der Waals surface area contributed by atoms with Crippen molar-refractivity contribution in [1.29, 1.82) is 0 Å². The van der Waals surface area contributed by atoms with E-state index in [1.807, 2.05) is 4.90 Å². The van der Waals surface area contributed by atoms with E-state index in [9.17, 15) is 19.5 Å². The third kappa shape index (κ3) is 4.26. The Morgan fingerprint density at radius 1 is 1.21 bits per heavy atom. The maximum Gasteiger partial charge on any atom is 0.347 e. The van der Waals surface area contributed by atoms with Gasteiger partial charge in [0.1, 0.15) is 10.6 Å². The van der Waals surface area contributed by atoms with Crippen LogP contribution in [-0.4, -0.2) is 83.2 Å². The Kier molecular flexibility index (Phi) is 6.21. The van der Waals surface area contributed by atoms with Crippen molar-refractivity contribution in [1.82, 2.24) is 20.2 Å². The number of anilines is 1. The minimum atomic E-state index is -1.08. The van der Waals surface area contributed by atoms with E-state index in [2.05, 4.69) is 15.3 Å². The summed E-state index contributed by atoms with van der Waals surface area (Å²) in [5, 5.41) is 13.8. The molecule has 34 heavy (non-hydrogen) atoms. The summed E-state index contributed by atoms with van der Waals surface area (Å²) in [5.41, 5.74) is 1.19. The van der Waals surface area contributed by atoms with Gasteiger partial charge < -0.3 is 29.9 Å². The van der Waals surface area contributed by atoms with Gasteiger partial charge >= 0.3 is 5.97 Å². The van der Waals surface area contributed by atoms with Crippen LogP contribution in [0.2, 0.25) is 10.0 Å². The fourth-order valence-corrected chi connectivity index (χ4v) is 6.03.